The lowest BCUT2D eigenvalue weighted by Gasteiger charge is -1.96. The molecule has 0 aliphatic heterocycles. The molecular formula is C12H9NS. The first-order chi connectivity index (χ1) is 6.79. The van der Waals surface area contributed by atoms with Crippen molar-refractivity contribution in [1.29, 1.82) is 5.26 Å². The summed E-state index contributed by atoms with van der Waals surface area (Å²) in [6.45, 7) is 2.07. The van der Waals surface area contributed by atoms with E-state index in [-0.39, 0.29) is 0 Å². The fourth-order valence-corrected chi connectivity index (χ4v) is 2.08. The number of aryl methyl sites for hydroxylation is 1. The number of nitriles is 1. The normalized spacial score (nSPS) is 9.71. The third-order valence-corrected chi connectivity index (χ3v) is 3.09. The van der Waals surface area contributed by atoms with E-state index in [4.69, 9.17) is 5.26 Å². The van der Waals surface area contributed by atoms with Crippen LogP contribution in [0.5, 0.6) is 0 Å². The van der Waals surface area contributed by atoms with Crippen molar-refractivity contribution in [1.82, 2.24) is 0 Å². The molecule has 1 aromatic carbocycles. The highest BCUT2D eigenvalue weighted by Gasteiger charge is 2.01. The first kappa shape index (κ1) is 8.98. The van der Waals surface area contributed by atoms with E-state index in [1.165, 1.54) is 22.5 Å². The van der Waals surface area contributed by atoms with E-state index in [2.05, 4.69) is 37.3 Å². The molecule has 2 heteroatoms. The molecule has 14 heavy (non-hydrogen) atoms. The van der Waals surface area contributed by atoms with Gasteiger partial charge in [-0.15, -0.1) is 11.3 Å². The van der Waals surface area contributed by atoms with Crippen LogP contribution < -0.4 is 0 Å². The molecule has 0 N–H and O–H groups in total. The molecule has 0 radical (unpaired) electrons. The molecule has 1 aromatic heterocycles. The Morgan fingerprint density at radius 2 is 1.79 bits per heavy atom. The van der Waals surface area contributed by atoms with Gasteiger partial charge < -0.3 is 0 Å². The van der Waals surface area contributed by atoms with Crippen LogP contribution in [-0.2, 0) is 0 Å². The predicted molar refractivity (Wildman–Crippen MR) is 59.2 cm³/mol. The third kappa shape index (κ3) is 1.68. The Bertz CT molecular complexity index is 474. The van der Waals surface area contributed by atoms with Gasteiger partial charge in [0.2, 0.25) is 0 Å². The summed E-state index contributed by atoms with van der Waals surface area (Å²) in [7, 11) is 0. The molecule has 2 aromatic rings. The van der Waals surface area contributed by atoms with E-state index in [1.54, 1.807) is 0 Å². The summed E-state index contributed by atoms with van der Waals surface area (Å²) in [5, 5.41) is 8.70. The molecule has 0 aliphatic rings. The minimum atomic E-state index is 0.764. The lowest BCUT2D eigenvalue weighted by atomic mass is 10.1. The first-order valence-electron chi connectivity index (χ1n) is 4.36. The quantitative estimate of drug-likeness (QED) is 0.688. The molecule has 0 bridgehead atoms. The molecule has 0 amide bonds. The Hall–Kier alpha value is -1.59. The number of hydrogen-bond acceptors (Lipinski definition) is 2. The molecule has 0 atom stereocenters. The summed E-state index contributed by atoms with van der Waals surface area (Å²) < 4.78 is 0. The Kier molecular flexibility index (Phi) is 2.34. The second-order valence-corrected chi connectivity index (χ2v) is 4.23. The SMILES string of the molecule is Cc1ccc(-c2ccc(C#N)s2)cc1. The van der Waals surface area contributed by atoms with Crippen LogP contribution in [0.3, 0.4) is 0 Å². The van der Waals surface area contributed by atoms with Gasteiger partial charge in [-0.1, -0.05) is 29.8 Å². The molecular weight excluding hydrogens is 190 g/mol. The topological polar surface area (TPSA) is 23.8 Å². The van der Waals surface area contributed by atoms with Gasteiger partial charge in [0.25, 0.3) is 0 Å². The van der Waals surface area contributed by atoms with E-state index in [0.29, 0.717) is 0 Å². The Balaban J connectivity index is 2.40. The summed E-state index contributed by atoms with van der Waals surface area (Å²) in [6.07, 6.45) is 0. The largest absolute Gasteiger partial charge is 0.192 e. The van der Waals surface area contributed by atoms with Crippen LogP contribution in [0.25, 0.3) is 10.4 Å². The van der Waals surface area contributed by atoms with E-state index >= 15 is 0 Å². The molecule has 0 spiro atoms. The standard InChI is InChI=1S/C12H9NS/c1-9-2-4-10(5-3-9)12-7-6-11(8-13)14-12/h2-7H,1H3. The van der Waals surface area contributed by atoms with Gasteiger partial charge in [0.1, 0.15) is 10.9 Å². The molecule has 0 fully saturated rings. The maximum atomic E-state index is 8.70. The zero-order chi connectivity index (χ0) is 9.97. The maximum absolute atomic E-state index is 8.70. The second-order valence-electron chi connectivity index (χ2n) is 3.14. The van der Waals surface area contributed by atoms with Gasteiger partial charge >= 0.3 is 0 Å². The second kappa shape index (κ2) is 3.65. The first-order valence-corrected chi connectivity index (χ1v) is 5.18. The van der Waals surface area contributed by atoms with E-state index < -0.39 is 0 Å². The average Bonchev–Trinajstić information content (AvgIpc) is 2.67. The number of thiophene rings is 1. The minimum Gasteiger partial charge on any atom is -0.192 e. The predicted octanol–water partition coefficient (Wildman–Crippen LogP) is 3.60. The highest BCUT2D eigenvalue weighted by atomic mass is 32.1. The third-order valence-electron chi connectivity index (χ3n) is 2.05. The number of rotatable bonds is 1. The molecule has 0 unspecified atom stereocenters. The van der Waals surface area contributed by atoms with Crippen molar-refractivity contribution >= 4 is 11.3 Å². The molecule has 0 aliphatic carbocycles. The van der Waals surface area contributed by atoms with Crippen molar-refractivity contribution in [3.8, 4) is 16.5 Å². The molecule has 2 rings (SSSR count). The van der Waals surface area contributed by atoms with E-state index in [9.17, 15) is 0 Å². The van der Waals surface area contributed by atoms with Gasteiger partial charge in [-0.25, -0.2) is 0 Å². The van der Waals surface area contributed by atoms with Crippen LogP contribution in [0.15, 0.2) is 36.4 Å². The van der Waals surface area contributed by atoms with Gasteiger partial charge in [-0.05, 0) is 24.6 Å². The number of nitrogens with zero attached hydrogens (tertiary/aromatic N) is 1. The van der Waals surface area contributed by atoms with Crippen molar-refractivity contribution < 1.29 is 0 Å². The van der Waals surface area contributed by atoms with E-state index in [1.807, 2.05) is 12.1 Å². The van der Waals surface area contributed by atoms with Crippen LogP contribution in [0.2, 0.25) is 0 Å². The minimum absolute atomic E-state index is 0.764. The highest BCUT2D eigenvalue weighted by Crippen LogP contribution is 2.27. The summed E-state index contributed by atoms with van der Waals surface area (Å²) in [4.78, 5) is 1.92. The van der Waals surface area contributed by atoms with Gasteiger partial charge in [-0.3, -0.25) is 0 Å². The summed E-state index contributed by atoms with van der Waals surface area (Å²) in [5.74, 6) is 0. The lowest BCUT2D eigenvalue weighted by molar-refractivity contribution is 1.48. The summed E-state index contributed by atoms with van der Waals surface area (Å²) >= 11 is 1.53. The van der Waals surface area contributed by atoms with E-state index in [0.717, 1.165) is 9.75 Å². The molecule has 68 valence electrons. The monoisotopic (exact) mass is 199 g/mol. The highest BCUT2D eigenvalue weighted by molar-refractivity contribution is 7.16. The van der Waals surface area contributed by atoms with Crippen LogP contribution in [0.4, 0.5) is 0 Å². The van der Waals surface area contributed by atoms with Gasteiger partial charge in [0.05, 0.1) is 0 Å². The van der Waals surface area contributed by atoms with Crippen molar-refractivity contribution in [3.05, 3.63) is 46.8 Å². The van der Waals surface area contributed by atoms with Crippen LogP contribution >= 0.6 is 11.3 Å². The van der Waals surface area contributed by atoms with Crippen LogP contribution in [-0.4, -0.2) is 0 Å². The van der Waals surface area contributed by atoms with Crippen molar-refractivity contribution in [2.24, 2.45) is 0 Å². The smallest absolute Gasteiger partial charge is 0.110 e. The Morgan fingerprint density at radius 3 is 2.36 bits per heavy atom. The van der Waals surface area contributed by atoms with Crippen molar-refractivity contribution in [2.75, 3.05) is 0 Å². The summed E-state index contributed by atoms with van der Waals surface area (Å²) in [6, 6.07) is 14.3. The summed E-state index contributed by atoms with van der Waals surface area (Å²) in [5.41, 5.74) is 2.44. The molecule has 1 heterocycles. The van der Waals surface area contributed by atoms with Crippen LogP contribution in [0.1, 0.15) is 10.4 Å². The number of hydrogen-bond donors (Lipinski definition) is 0. The molecule has 1 nitrogen and oxygen atoms in total. The van der Waals surface area contributed by atoms with Gasteiger partial charge in [-0.2, -0.15) is 5.26 Å². The zero-order valence-electron chi connectivity index (χ0n) is 7.82. The molecule has 0 saturated heterocycles. The van der Waals surface area contributed by atoms with Gasteiger partial charge in [0, 0.05) is 4.88 Å². The fraction of sp³-hybridized carbons (Fsp3) is 0.0833. The van der Waals surface area contributed by atoms with Crippen molar-refractivity contribution in [3.63, 3.8) is 0 Å². The van der Waals surface area contributed by atoms with Crippen LogP contribution in [0, 0.1) is 18.3 Å². The maximum Gasteiger partial charge on any atom is 0.110 e. The Labute approximate surface area is 87.3 Å². The average molecular weight is 199 g/mol. The Morgan fingerprint density at radius 1 is 1.07 bits per heavy atom. The zero-order valence-corrected chi connectivity index (χ0v) is 8.64. The van der Waals surface area contributed by atoms with Gasteiger partial charge in [0.15, 0.2) is 0 Å². The molecule has 0 saturated carbocycles. The fourth-order valence-electron chi connectivity index (χ4n) is 1.27. The lowest BCUT2D eigenvalue weighted by Crippen LogP contribution is -1.72. The van der Waals surface area contributed by atoms with Crippen molar-refractivity contribution in [2.45, 2.75) is 6.92 Å². The number of benzene rings is 1.